The summed E-state index contributed by atoms with van der Waals surface area (Å²) in [4.78, 5) is 30.1. The van der Waals surface area contributed by atoms with Crippen molar-refractivity contribution in [2.24, 2.45) is 5.41 Å². The lowest BCUT2D eigenvalue weighted by molar-refractivity contribution is -0.125. The first-order valence-corrected chi connectivity index (χ1v) is 13.9. The minimum Gasteiger partial charge on any atom is -0.336 e. The molecule has 1 saturated heterocycles. The van der Waals surface area contributed by atoms with Gasteiger partial charge in [0.2, 0.25) is 11.0 Å². The third-order valence-corrected chi connectivity index (χ3v) is 9.19. The Bertz CT molecular complexity index is 1440. The molecule has 2 aromatic heterocycles. The van der Waals surface area contributed by atoms with Crippen LogP contribution in [-0.4, -0.2) is 46.2 Å². The molecule has 0 unspecified atom stereocenters. The first-order chi connectivity index (χ1) is 17.9. The molecule has 3 atom stereocenters. The van der Waals surface area contributed by atoms with Crippen molar-refractivity contribution in [3.63, 3.8) is 0 Å². The lowest BCUT2D eigenvalue weighted by Gasteiger charge is -2.31. The molecule has 4 aromatic rings. The Morgan fingerprint density at radius 1 is 1.14 bits per heavy atom. The van der Waals surface area contributed by atoms with E-state index < -0.39 is 11.6 Å². The predicted octanol–water partition coefficient (Wildman–Crippen LogP) is 5.78. The van der Waals surface area contributed by atoms with Gasteiger partial charge in [0.15, 0.2) is 0 Å². The molecule has 9 heteroatoms. The van der Waals surface area contributed by atoms with Crippen LogP contribution in [0.4, 0.5) is 9.52 Å². The fraction of sp³-hybridized carbons (Fsp3) is 0.286. The molecule has 0 saturated carbocycles. The maximum Gasteiger partial charge on any atom is 0.253 e. The molecule has 1 aliphatic heterocycles. The molecule has 1 N–H and O–H groups in total. The minimum atomic E-state index is -0.930. The number of carbonyl (C=O) groups excluding carboxylic acids is 2. The fourth-order valence-electron chi connectivity index (χ4n) is 5.48. The van der Waals surface area contributed by atoms with Crippen LogP contribution in [0.3, 0.4) is 0 Å². The summed E-state index contributed by atoms with van der Waals surface area (Å²) in [5.41, 5.74) is 4.78. The SMILES string of the molecule is C[C@]1(C(=O)Nc2nncs2)Cc2sc(-c3ccc(C(=O)N4CC[C@@H](F)C4)cc3)cc2[C@H]1c1ccccc1. The zero-order chi connectivity index (χ0) is 25.6. The third kappa shape index (κ3) is 4.36. The van der Waals surface area contributed by atoms with Crippen LogP contribution >= 0.6 is 22.7 Å². The van der Waals surface area contributed by atoms with E-state index in [2.05, 4.69) is 33.7 Å². The number of anilines is 1. The highest BCUT2D eigenvalue weighted by atomic mass is 32.1. The van der Waals surface area contributed by atoms with Gasteiger partial charge in [-0.25, -0.2) is 4.39 Å². The van der Waals surface area contributed by atoms with Crippen molar-refractivity contribution in [1.29, 1.82) is 0 Å². The fourth-order valence-corrected chi connectivity index (χ4v) is 7.29. The Balaban J connectivity index is 1.29. The largest absolute Gasteiger partial charge is 0.336 e. The highest BCUT2D eigenvalue weighted by Crippen LogP contribution is 2.55. The van der Waals surface area contributed by atoms with Crippen molar-refractivity contribution in [2.45, 2.75) is 31.9 Å². The van der Waals surface area contributed by atoms with Crippen molar-refractivity contribution in [1.82, 2.24) is 15.1 Å². The van der Waals surface area contributed by atoms with Crippen molar-refractivity contribution in [3.8, 4) is 10.4 Å². The van der Waals surface area contributed by atoms with Crippen LogP contribution in [0.15, 0.2) is 66.2 Å². The van der Waals surface area contributed by atoms with Gasteiger partial charge in [0.25, 0.3) is 5.91 Å². The molecule has 6 rings (SSSR count). The molecule has 0 spiro atoms. The second-order valence-electron chi connectivity index (χ2n) is 9.84. The van der Waals surface area contributed by atoms with Crippen LogP contribution in [-0.2, 0) is 11.2 Å². The number of hydrogen-bond donors (Lipinski definition) is 1. The highest BCUT2D eigenvalue weighted by molar-refractivity contribution is 7.15. The van der Waals surface area contributed by atoms with Crippen LogP contribution in [0.5, 0.6) is 0 Å². The van der Waals surface area contributed by atoms with Crippen molar-refractivity contribution < 1.29 is 14.0 Å². The average molecular weight is 533 g/mol. The molecule has 3 heterocycles. The summed E-state index contributed by atoms with van der Waals surface area (Å²) in [6.45, 7) is 2.66. The van der Waals surface area contributed by atoms with Crippen molar-refractivity contribution in [3.05, 3.63) is 87.7 Å². The highest BCUT2D eigenvalue weighted by Gasteiger charge is 2.50. The molecule has 0 bridgehead atoms. The normalized spacial score (nSPS) is 22.7. The number of fused-ring (bicyclic) bond motifs is 1. The van der Waals surface area contributed by atoms with Gasteiger partial charge < -0.3 is 10.2 Å². The van der Waals surface area contributed by atoms with Crippen molar-refractivity contribution >= 4 is 39.6 Å². The number of alkyl halides is 1. The molecular formula is C28H25FN4O2S2. The lowest BCUT2D eigenvalue weighted by atomic mass is 9.73. The maximum absolute atomic E-state index is 13.5. The number of thiophene rings is 1. The Hall–Kier alpha value is -3.43. The van der Waals surface area contributed by atoms with Crippen LogP contribution < -0.4 is 5.32 Å². The number of benzene rings is 2. The molecule has 37 heavy (non-hydrogen) atoms. The van der Waals surface area contributed by atoms with Gasteiger partial charge in [-0.1, -0.05) is 53.8 Å². The van der Waals surface area contributed by atoms with Gasteiger partial charge in [0.05, 0.1) is 12.0 Å². The van der Waals surface area contributed by atoms with E-state index in [1.165, 1.54) is 16.2 Å². The first-order valence-electron chi connectivity index (χ1n) is 12.2. The Morgan fingerprint density at radius 3 is 2.59 bits per heavy atom. The van der Waals surface area contributed by atoms with Gasteiger partial charge in [-0.2, -0.15) is 0 Å². The molecule has 0 radical (unpaired) electrons. The van der Waals surface area contributed by atoms with E-state index in [-0.39, 0.29) is 24.3 Å². The number of likely N-dealkylation sites (tertiary alicyclic amines) is 1. The summed E-state index contributed by atoms with van der Waals surface area (Å²) in [6, 6.07) is 19.9. The van der Waals surface area contributed by atoms with E-state index in [0.29, 0.717) is 30.1 Å². The molecular weight excluding hydrogens is 507 g/mol. The molecule has 2 aliphatic rings. The number of nitrogens with one attached hydrogen (secondary N) is 1. The second kappa shape index (κ2) is 9.46. The monoisotopic (exact) mass is 532 g/mol. The van der Waals surface area contributed by atoms with Crippen LogP contribution in [0.1, 0.15) is 45.6 Å². The van der Waals surface area contributed by atoms with Gasteiger partial charge in [0.1, 0.15) is 11.7 Å². The molecule has 6 nitrogen and oxygen atoms in total. The second-order valence-corrected chi connectivity index (χ2v) is 11.8. The van der Waals surface area contributed by atoms with E-state index in [1.807, 2.05) is 49.4 Å². The number of carbonyl (C=O) groups is 2. The summed E-state index contributed by atoms with van der Waals surface area (Å²) in [5.74, 6) is -0.295. The smallest absolute Gasteiger partial charge is 0.253 e. The zero-order valence-corrected chi connectivity index (χ0v) is 21.8. The van der Waals surface area contributed by atoms with Crippen LogP contribution in [0, 0.1) is 5.41 Å². The lowest BCUT2D eigenvalue weighted by Crippen LogP contribution is -2.37. The van der Waals surface area contributed by atoms with Gasteiger partial charge in [-0.05, 0) is 54.7 Å². The number of hydrogen-bond acceptors (Lipinski definition) is 6. The van der Waals surface area contributed by atoms with E-state index in [1.54, 1.807) is 21.7 Å². The van der Waals surface area contributed by atoms with E-state index >= 15 is 0 Å². The number of nitrogens with zero attached hydrogens (tertiary/aromatic N) is 3. The standard InChI is InChI=1S/C28H25FN4O2S2/c1-28(26(35)31-27-32-30-16-36-27)14-23-21(24(28)18-5-3-2-4-6-18)13-22(37-23)17-7-9-19(10-8-17)25(34)33-12-11-20(29)15-33/h2-10,13,16,20,24H,11-12,14-15H2,1H3,(H,31,32,35)/t20-,24-,28+/m1/s1. The predicted molar refractivity (Wildman–Crippen MR) is 144 cm³/mol. The molecule has 1 fully saturated rings. The maximum atomic E-state index is 13.5. The van der Waals surface area contributed by atoms with Gasteiger partial charge in [-0.3, -0.25) is 9.59 Å². The Kier molecular flexibility index (Phi) is 6.12. The van der Waals surface area contributed by atoms with E-state index in [9.17, 15) is 14.0 Å². The number of rotatable bonds is 5. The zero-order valence-electron chi connectivity index (χ0n) is 20.2. The Labute approximate surface area is 222 Å². The van der Waals surface area contributed by atoms with Crippen molar-refractivity contribution in [2.75, 3.05) is 18.4 Å². The molecule has 2 aromatic carbocycles. The van der Waals surface area contributed by atoms with Gasteiger partial charge in [0, 0.05) is 27.8 Å². The number of amides is 2. The van der Waals surface area contributed by atoms with Crippen LogP contribution in [0.25, 0.3) is 10.4 Å². The quantitative estimate of drug-likeness (QED) is 0.353. The summed E-state index contributed by atoms with van der Waals surface area (Å²) in [7, 11) is 0. The average Bonchev–Trinajstić information content (AvgIpc) is 3.70. The van der Waals surface area contributed by atoms with E-state index in [4.69, 9.17) is 0 Å². The molecule has 1 aliphatic carbocycles. The first kappa shape index (κ1) is 23.9. The van der Waals surface area contributed by atoms with Gasteiger partial charge >= 0.3 is 0 Å². The Morgan fingerprint density at radius 2 is 1.92 bits per heavy atom. The number of aromatic nitrogens is 2. The summed E-state index contributed by atoms with van der Waals surface area (Å²) in [6.07, 6.45) is 0.0955. The van der Waals surface area contributed by atoms with E-state index in [0.717, 1.165) is 21.6 Å². The number of halogens is 1. The summed E-state index contributed by atoms with van der Waals surface area (Å²) >= 11 is 3.00. The van der Waals surface area contributed by atoms with Gasteiger partial charge in [-0.15, -0.1) is 21.5 Å². The minimum absolute atomic E-state index is 0.0663. The molecule has 2 amide bonds. The summed E-state index contributed by atoms with van der Waals surface area (Å²) < 4.78 is 13.5. The molecule has 188 valence electrons. The summed E-state index contributed by atoms with van der Waals surface area (Å²) in [5, 5.41) is 11.3. The third-order valence-electron chi connectivity index (χ3n) is 7.38. The van der Waals surface area contributed by atoms with Crippen LogP contribution in [0.2, 0.25) is 0 Å². The topological polar surface area (TPSA) is 75.2 Å².